The van der Waals surface area contributed by atoms with Crippen molar-refractivity contribution in [3.63, 3.8) is 0 Å². The predicted octanol–water partition coefficient (Wildman–Crippen LogP) is 3.18. The van der Waals surface area contributed by atoms with E-state index in [9.17, 15) is 0 Å². The molecule has 2 heteroatoms. The van der Waals surface area contributed by atoms with Crippen LogP contribution in [0.15, 0.2) is 30.3 Å². The molecular weight excluding hydrogens is 210 g/mol. The Morgan fingerprint density at radius 1 is 1.06 bits per heavy atom. The van der Waals surface area contributed by atoms with E-state index in [1.54, 1.807) is 0 Å². The van der Waals surface area contributed by atoms with E-state index in [1.165, 1.54) is 37.7 Å². The van der Waals surface area contributed by atoms with Crippen LogP contribution in [0.1, 0.15) is 37.7 Å². The quantitative estimate of drug-likeness (QED) is 0.775. The van der Waals surface area contributed by atoms with Crippen molar-refractivity contribution in [1.29, 1.82) is 0 Å². The van der Waals surface area contributed by atoms with E-state index in [-0.39, 0.29) is 0 Å². The molecular formula is C15H21NO. The van der Waals surface area contributed by atoms with Gasteiger partial charge in [0.25, 0.3) is 0 Å². The molecule has 0 radical (unpaired) electrons. The Morgan fingerprint density at radius 2 is 1.88 bits per heavy atom. The van der Waals surface area contributed by atoms with Crippen LogP contribution >= 0.6 is 0 Å². The van der Waals surface area contributed by atoms with E-state index >= 15 is 0 Å². The van der Waals surface area contributed by atoms with E-state index in [1.807, 2.05) is 0 Å². The van der Waals surface area contributed by atoms with Crippen molar-refractivity contribution >= 4 is 0 Å². The number of hydrogen-bond acceptors (Lipinski definition) is 2. The van der Waals surface area contributed by atoms with Crippen LogP contribution in [0, 0.1) is 0 Å². The maximum absolute atomic E-state index is 5.95. The highest BCUT2D eigenvalue weighted by Crippen LogP contribution is 2.30. The molecule has 1 aliphatic heterocycles. The highest BCUT2D eigenvalue weighted by atomic mass is 16.5. The van der Waals surface area contributed by atoms with Gasteiger partial charge in [-0.1, -0.05) is 49.6 Å². The van der Waals surface area contributed by atoms with Crippen molar-refractivity contribution in [2.24, 2.45) is 0 Å². The lowest BCUT2D eigenvalue weighted by Crippen LogP contribution is -2.34. The molecule has 0 bridgehead atoms. The summed E-state index contributed by atoms with van der Waals surface area (Å²) in [5.74, 6) is 0. The third-order valence-corrected chi connectivity index (χ3v) is 4.07. The number of nitrogens with zero attached hydrogens (tertiary/aromatic N) is 1. The molecule has 2 aliphatic rings. The summed E-state index contributed by atoms with van der Waals surface area (Å²) in [7, 11) is 0. The van der Waals surface area contributed by atoms with Gasteiger partial charge < -0.3 is 4.74 Å². The zero-order chi connectivity index (χ0) is 11.5. The van der Waals surface area contributed by atoms with Crippen LogP contribution in [0.5, 0.6) is 0 Å². The van der Waals surface area contributed by atoms with Crippen molar-refractivity contribution < 1.29 is 4.74 Å². The van der Waals surface area contributed by atoms with E-state index in [0.717, 1.165) is 13.3 Å². The second-order valence-corrected chi connectivity index (χ2v) is 5.27. The Bertz CT molecular complexity index is 351. The Morgan fingerprint density at radius 3 is 2.76 bits per heavy atom. The standard InChI is InChI=1S/C15H21NO/c1-3-7-13(8-4-1)11-16-12-17-15-10-6-2-5-9-14(15)16/h1,3-4,7-8,14-15H,2,5-6,9-12H2. The third kappa shape index (κ3) is 2.53. The smallest absolute Gasteiger partial charge is 0.100 e. The summed E-state index contributed by atoms with van der Waals surface area (Å²) >= 11 is 0. The summed E-state index contributed by atoms with van der Waals surface area (Å²) in [6.45, 7) is 1.87. The maximum atomic E-state index is 5.95. The van der Waals surface area contributed by atoms with Gasteiger partial charge in [-0.15, -0.1) is 0 Å². The molecule has 1 aromatic carbocycles. The minimum Gasteiger partial charge on any atom is -0.361 e. The van der Waals surface area contributed by atoms with Gasteiger partial charge in [-0.3, -0.25) is 4.90 Å². The first-order valence-electron chi connectivity index (χ1n) is 6.83. The Balaban J connectivity index is 1.67. The molecule has 3 rings (SSSR count). The molecule has 0 aromatic heterocycles. The molecule has 2 fully saturated rings. The molecule has 2 nitrogen and oxygen atoms in total. The van der Waals surface area contributed by atoms with Gasteiger partial charge in [-0.25, -0.2) is 0 Å². The third-order valence-electron chi connectivity index (χ3n) is 4.07. The lowest BCUT2D eigenvalue weighted by Gasteiger charge is -2.24. The second-order valence-electron chi connectivity index (χ2n) is 5.27. The zero-order valence-corrected chi connectivity index (χ0v) is 10.3. The topological polar surface area (TPSA) is 12.5 Å². The zero-order valence-electron chi connectivity index (χ0n) is 10.3. The van der Waals surface area contributed by atoms with Gasteiger partial charge in [-0.05, 0) is 18.4 Å². The molecule has 1 aliphatic carbocycles. The summed E-state index contributed by atoms with van der Waals surface area (Å²) in [4.78, 5) is 2.52. The van der Waals surface area contributed by atoms with Gasteiger partial charge >= 0.3 is 0 Å². The van der Waals surface area contributed by atoms with Crippen LogP contribution in [0.3, 0.4) is 0 Å². The number of ether oxygens (including phenoxy) is 1. The van der Waals surface area contributed by atoms with Gasteiger partial charge in [0.15, 0.2) is 0 Å². The van der Waals surface area contributed by atoms with Crippen LogP contribution in [0.25, 0.3) is 0 Å². The van der Waals surface area contributed by atoms with Gasteiger partial charge in [0, 0.05) is 12.6 Å². The molecule has 1 aromatic rings. The molecule has 17 heavy (non-hydrogen) atoms. The molecule has 0 spiro atoms. The largest absolute Gasteiger partial charge is 0.361 e. The lowest BCUT2D eigenvalue weighted by molar-refractivity contribution is 0.0818. The van der Waals surface area contributed by atoms with E-state index in [2.05, 4.69) is 35.2 Å². The van der Waals surface area contributed by atoms with Crippen LogP contribution in [-0.2, 0) is 11.3 Å². The Labute approximate surface area is 104 Å². The van der Waals surface area contributed by atoms with Crippen LogP contribution in [0.4, 0.5) is 0 Å². The maximum Gasteiger partial charge on any atom is 0.100 e. The lowest BCUT2D eigenvalue weighted by atomic mass is 10.1. The van der Waals surface area contributed by atoms with E-state index in [0.29, 0.717) is 12.1 Å². The average molecular weight is 231 g/mol. The molecule has 0 amide bonds. The summed E-state index contributed by atoms with van der Waals surface area (Å²) < 4.78 is 5.95. The van der Waals surface area contributed by atoms with Crippen LogP contribution in [0.2, 0.25) is 0 Å². The summed E-state index contributed by atoms with van der Waals surface area (Å²) in [5.41, 5.74) is 1.40. The molecule has 2 atom stereocenters. The second kappa shape index (κ2) is 5.19. The van der Waals surface area contributed by atoms with Crippen molar-refractivity contribution in [3.8, 4) is 0 Å². The first-order chi connectivity index (χ1) is 8.43. The number of benzene rings is 1. The Hall–Kier alpha value is -0.860. The SMILES string of the molecule is c1ccc(CN2COC3CCCCCC32)cc1. The fourth-order valence-corrected chi connectivity index (χ4v) is 3.13. The molecule has 0 N–H and O–H groups in total. The molecule has 1 saturated heterocycles. The normalized spacial score (nSPS) is 29.9. The fraction of sp³-hybridized carbons (Fsp3) is 0.600. The van der Waals surface area contributed by atoms with Crippen molar-refractivity contribution in [3.05, 3.63) is 35.9 Å². The number of rotatable bonds is 2. The minimum atomic E-state index is 0.501. The molecule has 2 unspecified atom stereocenters. The van der Waals surface area contributed by atoms with Crippen LogP contribution in [-0.4, -0.2) is 23.8 Å². The van der Waals surface area contributed by atoms with Gasteiger partial charge in [0.2, 0.25) is 0 Å². The Kier molecular flexibility index (Phi) is 3.44. The summed E-state index contributed by atoms with van der Waals surface area (Å²) in [6.07, 6.45) is 7.18. The predicted molar refractivity (Wildman–Crippen MR) is 68.6 cm³/mol. The number of hydrogen-bond donors (Lipinski definition) is 0. The van der Waals surface area contributed by atoms with Crippen molar-refractivity contribution in [1.82, 2.24) is 4.90 Å². The van der Waals surface area contributed by atoms with Crippen molar-refractivity contribution in [2.75, 3.05) is 6.73 Å². The minimum absolute atomic E-state index is 0.501. The summed E-state index contributed by atoms with van der Waals surface area (Å²) in [6, 6.07) is 11.4. The fourth-order valence-electron chi connectivity index (χ4n) is 3.13. The monoisotopic (exact) mass is 231 g/mol. The number of fused-ring (bicyclic) bond motifs is 1. The van der Waals surface area contributed by atoms with E-state index < -0.39 is 0 Å². The molecule has 1 saturated carbocycles. The van der Waals surface area contributed by atoms with Gasteiger partial charge in [-0.2, -0.15) is 0 Å². The molecule has 92 valence electrons. The van der Waals surface area contributed by atoms with Gasteiger partial charge in [0.1, 0.15) is 6.73 Å². The van der Waals surface area contributed by atoms with Crippen molar-refractivity contribution in [2.45, 2.75) is 50.8 Å². The highest BCUT2D eigenvalue weighted by Gasteiger charge is 2.35. The average Bonchev–Trinajstić information content (AvgIpc) is 2.61. The molecule has 1 heterocycles. The van der Waals surface area contributed by atoms with Crippen LogP contribution < -0.4 is 0 Å². The first-order valence-corrected chi connectivity index (χ1v) is 6.83. The highest BCUT2D eigenvalue weighted by molar-refractivity contribution is 5.14. The van der Waals surface area contributed by atoms with Gasteiger partial charge in [0.05, 0.1) is 6.10 Å². The van der Waals surface area contributed by atoms with E-state index in [4.69, 9.17) is 4.74 Å². The first kappa shape index (κ1) is 11.2. The summed E-state index contributed by atoms with van der Waals surface area (Å²) in [5, 5.41) is 0.